The van der Waals surface area contributed by atoms with E-state index in [0.717, 1.165) is 79.9 Å². The Hall–Kier alpha value is -2.94. The molecule has 4 aliphatic rings. The monoisotopic (exact) mass is 551 g/mol. The lowest BCUT2D eigenvalue weighted by Gasteiger charge is -2.18. The largest absolute Gasteiger partial charge is 0.356 e. The Morgan fingerprint density at radius 2 is 1.46 bits per heavy atom. The number of nitrogens with one attached hydrogen (secondary N) is 1. The van der Waals surface area contributed by atoms with Crippen LogP contribution in [0.5, 0.6) is 0 Å². The molecule has 3 heteroatoms. The van der Waals surface area contributed by atoms with Crippen LogP contribution in [0.2, 0.25) is 0 Å². The van der Waals surface area contributed by atoms with E-state index in [1.54, 1.807) is 11.1 Å². The third-order valence-corrected chi connectivity index (χ3v) is 9.38. The van der Waals surface area contributed by atoms with E-state index in [2.05, 4.69) is 97.2 Å². The first-order chi connectivity index (χ1) is 19.9. The molecule has 41 heavy (non-hydrogen) atoms. The maximum absolute atomic E-state index is 5.40. The average Bonchev–Trinajstić information content (AvgIpc) is 3.64. The molecule has 1 aliphatic carbocycles. The van der Waals surface area contributed by atoms with E-state index in [1.807, 2.05) is 0 Å². The lowest BCUT2D eigenvalue weighted by atomic mass is 9.87. The molecule has 0 aromatic rings. The molecule has 0 saturated carbocycles. The van der Waals surface area contributed by atoms with Gasteiger partial charge >= 0.3 is 0 Å². The van der Waals surface area contributed by atoms with Crippen LogP contribution in [0.1, 0.15) is 120 Å². The van der Waals surface area contributed by atoms with Crippen LogP contribution in [0, 0.1) is 11.8 Å². The fourth-order valence-electron chi connectivity index (χ4n) is 6.77. The van der Waals surface area contributed by atoms with E-state index in [-0.39, 0.29) is 0 Å². The summed E-state index contributed by atoms with van der Waals surface area (Å²) in [7, 11) is 0. The van der Waals surface area contributed by atoms with Crippen LogP contribution < -0.4 is 5.32 Å². The molecular weight excluding hydrogens is 498 g/mol. The summed E-state index contributed by atoms with van der Waals surface area (Å²) in [5.74, 6) is 1.20. The minimum atomic E-state index is 0.563. The highest BCUT2D eigenvalue weighted by Crippen LogP contribution is 2.42. The van der Waals surface area contributed by atoms with Gasteiger partial charge in [0.05, 0.1) is 22.8 Å². The second kappa shape index (κ2) is 14.3. The average molecular weight is 552 g/mol. The summed E-state index contributed by atoms with van der Waals surface area (Å²) >= 11 is 0. The van der Waals surface area contributed by atoms with Crippen molar-refractivity contribution in [1.82, 2.24) is 5.32 Å². The van der Waals surface area contributed by atoms with E-state index >= 15 is 0 Å². The second-order valence-corrected chi connectivity index (χ2v) is 12.0. The number of rotatable bonds is 7. The van der Waals surface area contributed by atoms with E-state index < -0.39 is 0 Å². The standard InChI is InChI=1S/C38H53N3/c1-9-15-30-23-36-27(12-4)21-32(40-36)22-29(25(7)11-3)18-17-28-19-20-35(26(28)8)38-34(14-6)33(13-5)37(41-38)24-31(39-30)16-10-2/h15-16,21-25,28,39H,9-14,17-20H2,1-8H3/b29-22-,30-15+,31-16+,36-23-,37-24-/t25-,28?/m0/s1. The Morgan fingerprint density at radius 1 is 0.805 bits per heavy atom. The van der Waals surface area contributed by atoms with Gasteiger partial charge in [-0.25, -0.2) is 9.98 Å². The van der Waals surface area contributed by atoms with E-state index in [0.29, 0.717) is 11.8 Å². The van der Waals surface area contributed by atoms with Gasteiger partial charge in [-0.05, 0) is 130 Å². The van der Waals surface area contributed by atoms with Gasteiger partial charge in [0.1, 0.15) is 0 Å². The maximum Gasteiger partial charge on any atom is 0.0703 e. The summed E-state index contributed by atoms with van der Waals surface area (Å²) in [6.07, 6.45) is 24.7. The first kappa shape index (κ1) is 31.0. The molecule has 0 radical (unpaired) electrons. The molecule has 3 heterocycles. The number of fused-ring (bicyclic) bond motifs is 4. The van der Waals surface area contributed by atoms with Gasteiger partial charge in [-0.2, -0.15) is 0 Å². The van der Waals surface area contributed by atoms with Crippen molar-refractivity contribution in [1.29, 1.82) is 0 Å². The first-order valence-electron chi connectivity index (χ1n) is 16.5. The van der Waals surface area contributed by atoms with Crippen LogP contribution >= 0.6 is 0 Å². The fraction of sp³-hybridized carbons (Fsp3) is 0.526. The van der Waals surface area contributed by atoms with Crippen LogP contribution in [0.4, 0.5) is 0 Å². The number of aliphatic imine (C=N–C) groups is 2. The summed E-state index contributed by atoms with van der Waals surface area (Å²) < 4.78 is 0. The van der Waals surface area contributed by atoms with E-state index in [9.17, 15) is 0 Å². The van der Waals surface area contributed by atoms with Crippen molar-refractivity contribution in [3.63, 3.8) is 0 Å². The molecule has 2 atom stereocenters. The highest BCUT2D eigenvalue weighted by atomic mass is 14.9. The molecule has 3 aliphatic heterocycles. The Bertz CT molecular complexity index is 1330. The second-order valence-electron chi connectivity index (χ2n) is 12.0. The maximum atomic E-state index is 5.40. The van der Waals surface area contributed by atoms with Gasteiger partial charge in [-0.3, -0.25) is 0 Å². The number of hydrogen-bond acceptors (Lipinski definition) is 3. The molecule has 6 bridgehead atoms. The molecule has 0 amide bonds. The summed E-state index contributed by atoms with van der Waals surface area (Å²) in [5.41, 5.74) is 15.6. The Balaban J connectivity index is 1.90. The topological polar surface area (TPSA) is 36.8 Å². The van der Waals surface area contributed by atoms with Crippen molar-refractivity contribution < 1.29 is 0 Å². The van der Waals surface area contributed by atoms with Gasteiger partial charge in [0.15, 0.2) is 0 Å². The van der Waals surface area contributed by atoms with Gasteiger partial charge in [0.25, 0.3) is 0 Å². The van der Waals surface area contributed by atoms with Crippen LogP contribution in [0.3, 0.4) is 0 Å². The SMILES string of the molecule is CC/C=C1\C=C2N=C(C=C/2CC)/C=C(\[C@@H](C)CC)CCC2CCC(=C2C)C2=N/C(=C\C(=C/CC)N1)C(CC)=C2CC. The molecular formula is C38H53N3. The Labute approximate surface area is 250 Å². The van der Waals surface area contributed by atoms with Gasteiger partial charge in [-0.1, -0.05) is 71.8 Å². The molecule has 220 valence electrons. The Morgan fingerprint density at radius 3 is 2.07 bits per heavy atom. The molecule has 4 rings (SSSR count). The summed E-state index contributed by atoms with van der Waals surface area (Å²) in [5, 5.41) is 3.78. The summed E-state index contributed by atoms with van der Waals surface area (Å²) in [4.78, 5) is 10.6. The zero-order valence-corrected chi connectivity index (χ0v) is 27.1. The normalized spacial score (nSPS) is 28.2. The van der Waals surface area contributed by atoms with Crippen molar-refractivity contribution in [2.75, 3.05) is 0 Å². The zero-order chi connectivity index (χ0) is 29.5. The third kappa shape index (κ3) is 6.93. The molecule has 1 N–H and O–H groups in total. The van der Waals surface area contributed by atoms with Crippen molar-refractivity contribution in [3.8, 4) is 0 Å². The quantitative estimate of drug-likeness (QED) is 0.336. The zero-order valence-electron chi connectivity index (χ0n) is 27.1. The highest BCUT2D eigenvalue weighted by Gasteiger charge is 2.31. The third-order valence-electron chi connectivity index (χ3n) is 9.38. The highest BCUT2D eigenvalue weighted by molar-refractivity contribution is 6.16. The summed E-state index contributed by atoms with van der Waals surface area (Å²) in [6.45, 7) is 18.3. The Kier molecular flexibility index (Phi) is 10.8. The predicted octanol–water partition coefficient (Wildman–Crippen LogP) is 10.8. The lowest BCUT2D eigenvalue weighted by molar-refractivity contribution is 0.523. The fourth-order valence-corrected chi connectivity index (χ4v) is 6.77. The van der Waals surface area contributed by atoms with E-state index in [4.69, 9.17) is 9.98 Å². The van der Waals surface area contributed by atoms with Gasteiger partial charge in [0, 0.05) is 11.4 Å². The summed E-state index contributed by atoms with van der Waals surface area (Å²) in [6, 6.07) is 0. The number of allylic oxidation sites excluding steroid dienone is 12. The number of nitrogens with zero attached hydrogens (tertiary/aromatic N) is 2. The van der Waals surface area contributed by atoms with Crippen LogP contribution in [0.25, 0.3) is 0 Å². The van der Waals surface area contributed by atoms with Gasteiger partial charge in [0.2, 0.25) is 0 Å². The van der Waals surface area contributed by atoms with Crippen molar-refractivity contribution in [2.45, 2.75) is 120 Å². The van der Waals surface area contributed by atoms with Crippen molar-refractivity contribution >= 4 is 11.4 Å². The van der Waals surface area contributed by atoms with E-state index in [1.165, 1.54) is 40.8 Å². The predicted molar refractivity (Wildman–Crippen MR) is 179 cm³/mol. The molecule has 0 saturated heterocycles. The number of hydrogen-bond donors (Lipinski definition) is 1. The van der Waals surface area contributed by atoms with Crippen LogP contribution in [0.15, 0.2) is 103 Å². The minimum Gasteiger partial charge on any atom is -0.356 e. The van der Waals surface area contributed by atoms with Crippen molar-refractivity contribution in [2.24, 2.45) is 21.8 Å². The van der Waals surface area contributed by atoms with Crippen molar-refractivity contribution in [3.05, 3.63) is 92.7 Å². The first-order valence-corrected chi connectivity index (χ1v) is 16.5. The molecule has 0 aromatic heterocycles. The van der Waals surface area contributed by atoms with Gasteiger partial charge < -0.3 is 5.32 Å². The molecule has 0 fully saturated rings. The minimum absolute atomic E-state index is 0.563. The van der Waals surface area contributed by atoms with Crippen LogP contribution in [-0.4, -0.2) is 11.4 Å². The molecule has 0 spiro atoms. The lowest BCUT2D eigenvalue weighted by Crippen LogP contribution is -2.11. The van der Waals surface area contributed by atoms with Gasteiger partial charge in [-0.15, -0.1) is 0 Å². The molecule has 0 aromatic carbocycles. The van der Waals surface area contributed by atoms with Crippen LogP contribution in [-0.2, 0) is 0 Å². The molecule has 1 unspecified atom stereocenters. The molecule has 3 nitrogen and oxygen atoms in total. The smallest absolute Gasteiger partial charge is 0.0703 e.